The van der Waals surface area contributed by atoms with Gasteiger partial charge in [0.2, 0.25) is 11.8 Å². The molecule has 9 heteroatoms. The molecule has 0 aliphatic heterocycles. The van der Waals surface area contributed by atoms with Crippen molar-refractivity contribution in [1.29, 1.82) is 0 Å². The summed E-state index contributed by atoms with van der Waals surface area (Å²) in [6.07, 6.45) is 4.48. The van der Waals surface area contributed by atoms with E-state index in [-0.39, 0.29) is 18.3 Å². The van der Waals surface area contributed by atoms with Crippen LogP contribution in [0.3, 0.4) is 0 Å². The van der Waals surface area contributed by atoms with E-state index in [4.69, 9.17) is 5.73 Å². The first-order valence-electron chi connectivity index (χ1n) is 9.27. The first kappa shape index (κ1) is 22.6. The molecule has 0 saturated heterocycles. The van der Waals surface area contributed by atoms with Crippen molar-refractivity contribution in [3.63, 3.8) is 0 Å². The molecule has 1 heterocycles. The lowest BCUT2D eigenvalue weighted by Gasteiger charge is -2.26. The van der Waals surface area contributed by atoms with E-state index >= 15 is 0 Å². The summed E-state index contributed by atoms with van der Waals surface area (Å²) in [5.41, 5.74) is 6.60. The molecule has 0 bridgehead atoms. The van der Waals surface area contributed by atoms with Crippen molar-refractivity contribution >= 4 is 17.8 Å². The molecule has 5 atom stereocenters. The number of carbonyl (C=O) groups excluding carboxylic acids is 2. The number of carboxylic acids is 1. The van der Waals surface area contributed by atoms with Crippen molar-refractivity contribution in [3.05, 3.63) is 18.2 Å². The van der Waals surface area contributed by atoms with Crippen LogP contribution in [0, 0.1) is 11.8 Å². The molecule has 0 radical (unpaired) electrons. The molecule has 1 aromatic heterocycles. The lowest BCUT2D eigenvalue weighted by atomic mass is 9.97. The molecule has 27 heavy (non-hydrogen) atoms. The third kappa shape index (κ3) is 6.67. The van der Waals surface area contributed by atoms with Gasteiger partial charge in [-0.15, -0.1) is 0 Å². The summed E-state index contributed by atoms with van der Waals surface area (Å²) in [5.74, 6) is -2.42. The van der Waals surface area contributed by atoms with E-state index in [0.29, 0.717) is 12.1 Å². The Balaban J connectivity index is 2.94. The molecule has 152 valence electrons. The highest BCUT2D eigenvalue weighted by Gasteiger charge is 2.31. The second-order valence-electron chi connectivity index (χ2n) is 6.96. The van der Waals surface area contributed by atoms with E-state index in [9.17, 15) is 19.5 Å². The summed E-state index contributed by atoms with van der Waals surface area (Å²) >= 11 is 0. The van der Waals surface area contributed by atoms with Crippen LogP contribution < -0.4 is 16.4 Å². The number of carbonyl (C=O) groups is 3. The van der Waals surface area contributed by atoms with Gasteiger partial charge < -0.3 is 26.5 Å². The Labute approximate surface area is 159 Å². The molecule has 6 N–H and O–H groups in total. The normalized spacial score (nSPS) is 16.6. The van der Waals surface area contributed by atoms with Crippen molar-refractivity contribution in [2.75, 3.05) is 0 Å². The van der Waals surface area contributed by atoms with Crippen LogP contribution in [0.5, 0.6) is 0 Å². The molecule has 5 unspecified atom stereocenters. The van der Waals surface area contributed by atoms with Crippen LogP contribution in [0.15, 0.2) is 12.5 Å². The van der Waals surface area contributed by atoms with Crippen molar-refractivity contribution in [2.45, 2.75) is 65.1 Å². The van der Waals surface area contributed by atoms with Gasteiger partial charge in [0, 0.05) is 18.3 Å². The number of nitrogens with two attached hydrogens (primary N) is 1. The number of aromatic amines is 1. The van der Waals surface area contributed by atoms with Gasteiger partial charge in [0.25, 0.3) is 0 Å². The Hall–Kier alpha value is -2.42. The number of amides is 2. The van der Waals surface area contributed by atoms with Gasteiger partial charge in [0.05, 0.1) is 12.4 Å². The number of rotatable bonds is 11. The van der Waals surface area contributed by atoms with Crippen LogP contribution in [0.1, 0.15) is 46.2 Å². The second kappa shape index (κ2) is 10.7. The van der Waals surface area contributed by atoms with E-state index in [1.165, 1.54) is 6.33 Å². The molecule has 0 saturated carbocycles. The van der Waals surface area contributed by atoms with E-state index in [1.54, 1.807) is 13.1 Å². The first-order valence-corrected chi connectivity index (χ1v) is 9.27. The van der Waals surface area contributed by atoms with Gasteiger partial charge in [-0.2, -0.15) is 0 Å². The molecule has 9 nitrogen and oxygen atoms in total. The highest BCUT2D eigenvalue weighted by Crippen LogP contribution is 2.10. The molecule has 0 aromatic carbocycles. The topological polar surface area (TPSA) is 150 Å². The van der Waals surface area contributed by atoms with Crippen LogP contribution in [0.2, 0.25) is 0 Å². The Bertz CT molecular complexity index is 619. The molecule has 0 fully saturated rings. The third-order valence-corrected chi connectivity index (χ3v) is 4.95. The zero-order chi connectivity index (χ0) is 20.6. The van der Waals surface area contributed by atoms with Crippen LogP contribution in [0.25, 0.3) is 0 Å². The van der Waals surface area contributed by atoms with E-state index in [0.717, 1.165) is 6.42 Å². The first-order chi connectivity index (χ1) is 12.7. The van der Waals surface area contributed by atoms with Crippen LogP contribution in [-0.2, 0) is 20.8 Å². The molecule has 1 rings (SSSR count). The Morgan fingerprint density at radius 1 is 1.15 bits per heavy atom. The second-order valence-corrected chi connectivity index (χ2v) is 6.96. The van der Waals surface area contributed by atoms with E-state index in [1.807, 2.05) is 20.8 Å². The molecule has 2 amide bonds. The maximum Gasteiger partial charge on any atom is 0.326 e. The number of nitrogens with zero attached hydrogens (tertiary/aromatic N) is 1. The largest absolute Gasteiger partial charge is 0.480 e. The van der Waals surface area contributed by atoms with Gasteiger partial charge in [0.15, 0.2) is 0 Å². The zero-order valence-electron chi connectivity index (χ0n) is 16.4. The summed E-state index contributed by atoms with van der Waals surface area (Å²) in [5, 5.41) is 14.6. The molecule has 0 aliphatic carbocycles. The lowest BCUT2D eigenvalue weighted by molar-refractivity contribution is -0.143. The Kier molecular flexibility index (Phi) is 8.93. The summed E-state index contributed by atoms with van der Waals surface area (Å²) in [6.45, 7) is 7.38. The SMILES string of the molecule is CCC(C)C(N)C(=O)NC(Cc1cnc[nH]1)C(=O)NC(C(=O)O)C(C)CC. The number of hydrogen-bond donors (Lipinski definition) is 5. The number of aliphatic carboxylic acids is 1. The fourth-order valence-electron chi connectivity index (χ4n) is 2.54. The lowest BCUT2D eigenvalue weighted by Crippen LogP contribution is -2.57. The summed E-state index contributed by atoms with van der Waals surface area (Å²) in [6, 6.07) is -2.75. The highest BCUT2D eigenvalue weighted by molar-refractivity contribution is 5.92. The van der Waals surface area contributed by atoms with Gasteiger partial charge >= 0.3 is 5.97 Å². The maximum atomic E-state index is 12.7. The molecular formula is C18H31N5O4. The molecule has 0 spiro atoms. The summed E-state index contributed by atoms with van der Waals surface area (Å²) < 4.78 is 0. The predicted octanol–water partition coefficient (Wildman–Crippen LogP) is 0.426. The number of carboxylic acid groups (broad SMARTS) is 1. The van der Waals surface area contributed by atoms with Gasteiger partial charge in [0.1, 0.15) is 12.1 Å². The van der Waals surface area contributed by atoms with Crippen molar-refractivity contribution in [2.24, 2.45) is 17.6 Å². The number of H-pyrrole nitrogens is 1. The molecule has 0 aliphatic rings. The average molecular weight is 381 g/mol. The number of nitrogens with one attached hydrogen (secondary N) is 3. The Morgan fingerprint density at radius 3 is 2.26 bits per heavy atom. The van der Waals surface area contributed by atoms with Crippen LogP contribution >= 0.6 is 0 Å². The number of imidazole rings is 1. The molecule has 1 aromatic rings. The standard InChI is InChI=1S/C18H31N5O4/c1-5-10(3)14(19)17(25)22-13(7-12-8-20-9-21-12)16(24)23-15(18(26)27)11(4)6-2/h8-11,13-15H,5-7,19H2,1-4H3,(H,20,21)(H,22,25)(H,23,24)(H,26,27). The summed E-state index contributed by atoms with van der Waals surface area (Å²) in [7, 11) is 0. The van der Waals surface area contributed by atoms with Crippen molar-refractivity contribution < 1.29 is 19.5 Å². The minimum Gasteiger partial charge on any atom is -0.480 e. The minimum atomic E-state index is -1.11. The summed E-state index contributed by atoms with van der Waals surface area (Å²) in [4.78, 5) is 43.5. The number of aromatic nitrogens is 2. The predicted molar refractivity (Wildman–Crippen MR) is 101 cm³/mol. The third-order valence-electron chi connectivity index (χ3n) is 4.95. The van der Waals surface area contributed by atoms with Crippen LogP contribution in [0.4, 0.5) is 0 Å². The van der Waals surface area contributed by atoms with Crippen molar-refractivity contribution in [3.8, 4) is 0 Å². The smallest absolute Gasteiger partial charge is 0.326 e. The fourth-order valence-corrected chi connectivity index (χ4v) is 2.54. The molecular weight excluding hydrogens is 350 g/mol. The van der Waals surface area contributed by atoms with Gasteiger partial charge in [-0.05, 0) is 11.8 Å². The van der Waals surface area contributed by atoms with Gasteiger partial charge in [-0.1, -0.05) is 40.5 Å². The monoisotopic (exact) mass is 381 g/mol. The van der Waals surface area contributed by atoms with Crippen molar-refractivity contribution in [1.82, 2.24) is 20.6 Å². The zero-order valence-corrected chi connectivity index (χ0v) is 16.4. The fraction of sp³-hybridized carbons (Fsp3) is 0.667. The van der Waals surface area contributed by atoms with E-state index < -0.39 is 35.9 Å². The Morgan fingerprint density at radius 2 is 1.78 bits per heavy atom. The highest BCUT2D eigenvalue weighted by atomic mass is 16.4. The van der Waals surface area contributed by atoms with E-state index in [2.05, 4.69) is 20.6 Å². The van der Waals surface area contributed by atoms with Crippen LogP contribution in [-0.4, -0.2) is 51.0 Å². The number of hydrogen-bond acceptors (Lipinski definition) is 5. The average Bonchev–Trinajstić information content (AvgIpc) is 3.16. The van der Waals surface area contributed by atoms with Gasteiger partial charge in [-0.3, -0.25) is 9.59 Å². The van der Waals surface area contributed by atoms with Gasteiger partial charge in [-0.25, -0.2) is 9.78 Å². The maximum absolute atomic E-state index is 12.7. The quantitative estimate of drug-likeness (QED) is 0.375. The minimum absolute atomic E-state index is 0.0484.